The fourth-order valence-corrected chi connectivity index (χ4v) is 3.98. The van der Waals surface area contributed by atoms with Crippen molar-refractivity contribution >= 4 is 5.97 Å². The van der Waals surface area contributed by atoms with Crippen molar-refractivity contribution in [1.29, 1.82) is 0 Å². The highest BCUT2D eigenvalue weighted by molar-refractivity contribution is 5.86. The molecule has 128 valence electrons. The third kappa shape index (κ3) is 2.44. The Balaban J connectivity index is 1.94. The Labute approximate surface area is 142 Å². The molecule has 0 saturated heterocycles. The lowest BCUT2D eigenvalue weighted by Crippen LogP contribution is -2.29. The molecule has 24 heavy (non-hydrogen) atoms. The topological polar surface area (TPSA) is 81.1 Å². The summed E-state index contributed by atoms with van der Waals surface area (Å²) in [5.74, 6) is -0.768. The molecule has 1 aromatic heterocycles. The first-order valence-electron chi connectivity index (χ1n) is 8.54. The average Bonchev–Trinajstić information content (AvgIpc) is 3.01. The van der Waals surface area contributed by atoms with E-state index >= 15 is 0 Å². The molecule has 0 bridgehead atoms. The molecule has 1 aliphatic carbocycles. The molecular weight excluding hydrogens is 302 g/mol. The van der Waals surface area contributed by atoms with E-state index in [1.807, 2.05) is 42.0 Å². The lowest BCUT2D eigenvalue weighted by molar-refractivity contribution is -0.141. The molecule has 0 radical (unpaired) electrons. The number of imidazole rings is 1. The highest BCUT2D eigenvalue weighted by Gasteiger charge is 2.72. The molecular formula is C19H25N3O2. The molecule has 1 saturated carbocycles. The number of benzene rings is 1. The van der Waals surface area contributed by atoms with Gasteiger partial charge in [-0.25, -0.2) is 4.98 Å². The lowest BCUT2D eigenvalue weighted by atomic mass is 9.84. The minimum atomic E-state index is -0.868. The van der Waals surface area contributed by atoms with Gasteiger partial charge in [-0.2, -0.15) is 0 Å². The van der Waals surface area contributed by atoms with Gasteiger partial charge < -0.3 is 15.4 Å². The quantitative estimate of drug-likeness (QED) is 0.819. The van der Waals surface area contributed by atoms with Gasteiger partial charge in [0.25, 0.3) is 0 Å². The number of nitrogens with two attached hydrogens (primary N) is 1. The predicted molar refractivity (Wildman–Crippen MR) is 93.2 cm³/mol. The molecule has 5 heteroatoms. The molecule has 1 heterocycles. The predicted octanol–water partition coefficient (Wildman–Crippen LogP) is 3.04. The first kappa shape index (κ1) is 16.7. The van der Waals surface area contributed by atoms with E-state index in [2.05, 4.69) is 11.9 Å². The monoisotopic (exact) mass is 327 g/mol. The third-order valence-electron chi connectivity index (χ3n) is 5.64. The average molecular weight is 327 g/mol. The Hall–Kier alpha value is -2.14. The van der Waals surface area contributed by atoms with Crippen molar-refractivity contribution in [3.8, 4) is 5.69 Å². The molecule has 1 aliphatic rings. The first-order valence-corrected chi connectivity index (χ1v) is 8.54. The van der Waals surface area contributed by atoms with E-state index in [0.29, 0.717) is 18.7 Å². The third-order valence-corrected chi connectivity index (χ3v) is 5.64. The maximum absolute atomic E-state index is 12.1. The van der Waals surface area contributed by atoms with E-state index in [4.69, 9.17) is 5.73 Å². The minimum absolute atomic E-state index is 0.218. The second-order valence-electron chi connectivity index (χ2n) is 6.92. The summed E-state index contributed by atoms with van der Waals surface area (Å²) < 4.78 is 1.90. The minimum Gasteiger partial charge on any atom is -0.481 e. The normalized spacial score (nSPS) is 25.6. The second-order valence-corrected chi connectivity index (χ2v) is 6.92. The van der Waals surface area contributed by atoms with Gasteiger partial charge in [-0.1, -0.05) is 24.6 Å². The number of hydrogen-bond acceptors (Lipinski definition) is 3. The number of carboxylic acids is 1. The van der Waals surface area contributed by atoms with Gasteiger partial charge in [0.2, 0.25) is 0 Å². The van der Waals surface area contributed by atoms with E-state index in [0.717, 1.165) is 24.9 Å². The molecule has 0 spiro atoms. The molecule has 3 N–H and O–H groups in total. The second kappa shape index (κ2) is 6.06. The number of hydrogen-bond donors (Lipinski definition) is 2. The van der Waals surface area contributed by atoms with Gasteiger partial charge in [-0.05, 0) is 56.7 Å². The van der Waals surface area contributed by atoms with Gasteiger partial charge in [0.05, 0.1) is 12.0 Å². The Morgan fingerprint density at radius 1 is 1.38 bits per heavy atom. The van der Waals surface area contributed by atoms with Crippen LogP contribution in [-0.4, -0.2) is 27.2 Å². The molecule has 1 fully saturated rings. The van der Waals surface area contributed by atoms with E-state index in [-0.39, 0.29) is 5.41 Å². The number of carbonyl (C=O) groups is 1. The van der Waals surface area contributed by atoms with Crippen LogP contribution in [0, 0.1) is 12.3 Å². The van der Waals surface area contributed by atoms with Crippen molar-refractivity contribution in [1.82, 2.24) is 9.55 Å². The Kier molecular flexibility index (Phi) is 4.22. The lowest BCUT2D eigenvalue weighted by Gasteiger charge is -2.20. The summed E-state index contributed by atoms with van der Waals surface area (Å²) in [6, 6.07) is 8.11. The van der Waals surface area contributed by atoms with E-state index in [9.17, 15) is 9.90 Å². The zero-order chi connectivity index (χ0) is 17.4. The molecule has 0 amide bonds. The van der Waals surface area contributed by atoms with E-state index < -0.39 is 11.4 Å². The summed E-state index contributed by atoms with van der Waals surface area (Å²) in [7, 11) is 0. The standard InChI is InChI=1S/C19H25N3O2/c1-3-18(9-4-10-20)12-19(18,17(23)24)16-11-22(13-21-16)15-7-5-14(2)6-8-15/h5-8,11,13H,3-4,9-10,12,20H2,1-2H3,(H,23,24). The largest absolute Gasteiger partial charge is 0.481 e. The first-order chi connectivity index (χ1) is 11.5. The van der Waals surface area contributed by atoms with Crippen molar-refractivity contribution in [2.75, 3.05) is 6.54 Å². The molecule has 1 aromatic carbocycles. The van der Waals surface area contributed by atoms with Gasteiger partial charge >= 0.3 is 5.97 Å². The molecule has 0 aliphatic heterocycles. The maximum Gasteiger partial charge on any atom is 0.316 e. The van der Waals surface area contributed by atoms with Crippen LogP contribution in [0.15, 0.2) is 36.8 Å². The fraction of sp³-hybridized carbons (Fsp3) is 0.474. The van der Waals surface area contributed by atoms with Crippen molar-refractivity contribution in [3.05, 3.63) is 48.0 Å². The number of nitrogens with zero attached hydrogens (tertiary/aromatic N) is 2. The highest BCUT2D eigenvalue weighted by atomic mass is 16.4. The Morgan fingerprint density at radius 2 is 2.08 bits per heavy atom. The Morgan fingerprint density at radius 3 is 2.67 bits per heavy atom. The van der Waals surface area contributed by atoms with Gasteiger partial charge in [-0.15, -0.1) is 0 Å². The van der Waals surface area contributed by atoms with Crippen LogP contribution >= 0.6 is 0 Å². The summed E-state index contributed by atoms with van der Waals surface area (Å²) in [6.07, 6.45) is 6.75. The number of aromatic nitrogens is 2. The van der Waals surface area contributed by atoms with Crippen LogP contribution in [0.25, 0.3) is 5.69 Å². The molecule has 2 atom stereocenters. The zero-order valence-corrected chi connectivity index (χ0v) is 14.3. The summed E-state index contributed by atoms with van der Waals surface area (Å²) in [5, 5.41) is 9.96. The summed E-state index contributed by atoms with van der Waals surface area (Å²) >= 11 is 0. The van der Waals surface area contributed by atoms with Crippen molar-refractivity contribution in [2.24, 2.45) is 11.1 Å². The van der Waals surface area contributed by atoms with Crippen LogP contribution in [0.5, 0.6) is 0 Å². The fourth-order valence-electron chi connectivity index (χ4n) is 3.98. The number of aryl methyl sites for hydroxylation is 1. The smallest absolute Gasteiger partial charge is 0.316 e. The SMILES string of the molecule is CCC1(CCCN)CC1(C(=O)O)c1cn(-c2ccc(C)cc2)cn1. The highest BCUT2D eigenvalue weighted by Crippen LogP contribution is 2.68. The van der Waals surface area contributed by atoms with Crippen LogP contribution < -0.4 is 5.73 Å². The summed E-state index contributed by atoms with van der Waals surface area (Å²) in [6.45, 7) is 4.70. The summed E-state index contributed by atoms with van der Waals surface area (Å²) in [5.41, 5.74) is 7.40. The van der Waals surface area contributed by atoms with Crippen LogP contribution in [0.3, 0.4) is 0 Å². The number of carboxylic acid groups (broad SMARTS) is 1. The van der Waals surface area contributed by atoms with Crippen LogP contribution in [0.4, 0.5) is 0 Å². The van der Waals surface area contributed by atoms with Crippen molar-refractivity contribution in [3.63, 3.8) is 0 Å². The van der Waals surface area contributed by atoms with Crippen molar-refractivity contribution in [2.45, 2.75) is 44.9 Å². The Bertz CT molecular complexity index is 737. The molecule has 3 rings (SSSR count). The molecule has 2 aromatic rings. The molecule has 5 nitrogen and oxygen atoms in total. The van der Waals surface area contributed by atoms with Gasteiger partial charge in [0, 0.05) is 11.9 Å². The summed E-state index contributed by atoms with van der Waals surface area (Å²) in [4.78, 5) is 16.6. The van der Waals surface area contributed by atoms with Crippen molar-refractivity contribution < 1.29 is 9.90 Å². The van der Waals surface area contributed by atoms with E-state index in [1.54, 1.807) is 6.33 Å². The number of aliphatic carboxylic acids is 1. The van der Waals surface area contributed by atoms with E-state index in [1.165, 1.54) is 5.56 Å². The van der Waals surface area contributed by atoms with Crippen LogP contribution in [-0.2, 0) is 10.2 Å². The van der Waals surface area contributed by atoms with Gasteiger partial charge in [-0.3, -0.25) is 4.79 Å². The maximum atomic E-state index is 12.1. The molecule has 2 unspecified atom stereocenters. The van der Waals surface area contributed by atoms with Gasteiger partial charge in [0.15, 0.2) is 0 Å². The number of rotatable bonds is 7. The van der Waals surface area contributed by atoms with Crippen LogP contribution in [0.2, 0.25) is 0 Å². The van der Waals surface area contributed by atoms with Crippen LogP contribution in [0.1, 0.15) is 43.9 Å². The zero-order valence-electron chi connectivity index (χ0n) is 14.3. The van der Waals surface area contributed by atoms with Gasteiger partial charge in [0.1, 0.15) is 5.41 Å².